The van der Waals surface area contributed by atoms with Gasteiger partial charge in [0.15, 0.2) is 0 Å². The molecule has 114 valence electrons. The molecule has 21 heavy (non-hydrogen) atoms. The molecule has 1 aromatic carbocycles. The molecular weight excluding hydrogens is 262 g/mol. The standard InChI is InChI=1S/C18H25NO2/c1-2-9-19-16(12-14-7-10-20-11-8-14)18-13-15-5-3-4-6-17(15)21-18/h3-6,13-14,16,19H,2,7-12H2,1H3. The highest BCUT2D eigenvalue weighted by Gasteiger charge is 2.22. The van der Waals surface area contributed by atoms with Crippen molar-refractivity contribution >= 4 is 11.0 Å². The maximum Gasteiger partial charge on any atom is 0.134 e. The molecule has 0 bridgehead atoms. The van der Waals surface area contributed by atoms with Gasteiger partial charge in [-0.15, -0.1) is 0 Å². The van der Waals surface area contributed by atoms with Gasteiger partial charge in [-0.3, -0.25) is 0 Å². The second-order valence-electron chi connectivity index (χ2n) is 5.98. The van der Waals surface area contributed by atoms with E-state index in [9.17, 15) is 0 Å². The Kier molecular flexibility index (Phi) is 4.94. The predicted molar refractivity (Wildman–Crippen MR) is 85.4 cm³/mol. The molecule has 1 unspecified atom stereocenters. The largest absolute Gasteiger partial charge is 0.459 e. The minimum Gasteiger partial charge on any atom is -0.459 e. The van der Waals surface area contributed by atoms with Crippen LogP contribution in [0, 0.1) is 5.92 Å². The number of benzene rings is 1. The summed E-state index contributed by atoms with van der Waals surface area (Å²) in [5.74, 6) is 1.82. The zero-order valence-corrected chi connectivity index (χ0v) is 12.8. The van der Waals surface area contributed by atoms with Crippen LogP contribution in [0.3, 0.4) is 0 Å². The Labute approximate surface area is 126 Å². The van der Waals surface area contributed by atoms with Gasteiger partial charge in [-0.05, 0) is 50.3 Å². The first-order valence-corrected chi connectivity index (χ1v) is 8.16. The molecule has 2 heterocycles. The zero-order chi connectivity index (χ0) is 14.5. The van der Waals surface area contributed by atoms with Crippen LogP contribution in [-0.4, -0.2) is 19.8 Å². The molecule has 0 amide bonds. The smallest absolute Gasteiger partial charge is 0.134 e. The number of para-hydroxylation sites is 1. The molecule has 3 rings (SSSR count). The predicted octanol–water partition coefficient (Wildman–Crippen LogP) is 4.29. The number of nitrogens with one attached hydrogen (secondary N) is 1. The van der Waals surface area contributed by atoms with E-state index < -0.39 is 0 Å². The Morgan fingerprint density at radius 3 is 2.81 bits per heavy atom. The van der Waals surface area contributed by atoms with Crippen LogP contribution in [0.5, 0.6) is 0 Å². The van der Waals surface area contributed by atoms with Crippen LogP contribution in [0.25, 0.3) is 11.0 Å². The van der Waals surface area contributed by atoms with E-state index in [0.29, 0.717) is 6.04 Å². The molecule has 3 nitrogen and oxygen atoms in total. The van der Waals surface area contributed by atoms with Crippen molar-refractivity contribution in [3.63, 3.8) is 0 Å². The highest BCUT2D eigenvalue weighted by Crippen LogP contribution is 2.31. The average molecular weight is 287 g/mol. The first-order valence-electron chi connectivity index (χ1n) is 8.16. The number of ether oxygens (including phenoxy) is 1. The van der Waals surface area contributed by atoms with Crippen molar-refractivity contribution in [3.8, 4) is 0 Å². The van der Waals surface area contributed by atoms with Gasteiger partial charge >= 0.3 is 0 Å². The third kappa shape index (κ3) is 3.66. The summed E-state index contributed by atoms with van der Waals surface area (Å²) in [5, 5.41) is 4.86. The third-order valence-corrected chi connectivity index (χ3v) is 4.34. The van der Waals surface area contributed by atoms with Crippen LogP contribution in [-0.2, 0) is 4.74 Å². The maximum atomic E-state index is 6.08. The Balaban J connectivity index is 1.76. The topological polar surface area (TPSA) is 34.4 Å². The van der Waals surface area contributed by atoms with Gasteiger partial charge < -0.3 is 14.5 Å². The maximum absolute atomic E-state index is 6.08. The molecule has 1 N–H and O–H groups in total. The lowest BCUT2D eigenvalue weighted by atomic mass is 9.91. The van der Waals surface area contributed by atoms with Gasteiger partial charge in [-0.25, -0.2) is 0 Å². The fourth-order valence-corrected chi connectivity index (χ4v) is 3.11. The lowest BCUT2D eigenvalue weighted by Gasteiger charge is -2.26. The lowest BCUT2D eigenvalue weighted by molar-refractivity contribution is 0.0597. The lowest BCUT2D eigenvalue weighted by Crippen LogP contribution is -2.26. The summed E-state index contributed by atoms with van der Waals surface area (Å²) >= 11 is 0. The third-order valence-electron chi connectivity index (χ3n) is 4.34. The van der Waals surface area contributed by atoms with Gasteiger partial charge in [0.1, 0.15) is 11.3 Å². The van der Waals surface area contributed by atoms with E-state index in [1.807, 2.05) is 12.1 Å². The normalized spacial score (nSPS) is 18.1. The summed E-state index contributed by atoms with van der Waals surface area (Å²) in [6, 6.07) is 10.8. The monoisotopic (exact) mass is 287 g/mol. The van der Waals surface area contributed by atoms with Gasteiger partial charge in [-0.2, -0.15) is 0 Å². The molecule has 1 saturated heterocycles. The van der Waals surface area contributed by atoms with Crippen molar-refractivity contribution in [3.05, 3.63) is 36.1 Å². The zero-order valence-electron chi connectivity index (χ0n) is 12.8. The summed E-state index contributed by atoms with van der Waals surface area (Å²) in [6.07, 6.45) is 4.63. The van der Waals surface area contributed by atoms with Crippen LogP contribution >= 0.6 is 0 Å². The molecule has 2 aromatic rings. The molecule has 1 aliphatic rings. The molecule has 0 radical (unpaired) electrons. The van der Waals surface area contributed by atoms with Crippen LogP contribution < -0.4 is 5.32 Å². The summed E-state index contributed by atoms with van der Waals surface area (Å²) in [7, 11) is 0. The summed E-state index contributed by atoms with van der Waals surface area (Å²) in [5.41, 5.74) is 0.989. The van der Waals surface area contributed by atoms with Gasteiger partial charge in [0.25, 0.3) is 0 Å². The van der Waals surface area contributed by atoms with E-state index in [0.717, 1.165) is 49.9 Å². The number of rotatable bonds is 6. The van der Waals surface area contributed by atoms with E-state index in [4.69, 9.17) is 9.15 Å². The first kappa shape index (κ1) is 14.6. The van der Waals surface area contributed by atoms with Crippen molar-refractivity contribution < 1.29 is 9.15 Å². The summed E-state index contributed by atoms with van der Waals surface area (Å²) in [4.78, 5) is 0. The van der Waals surface area contributed by atoms with Crippen molar-refractivity contribution in [2.75, 3.05) is 19.8 Å². The second kappa shape index (κ2) is 7.10. The molecular formula is C18H25NO2. The molecule has 3 heteroatoms. The van der Waals surface area contributed by atoms with Gasteiger partial charge in [0, 0.05) is 18.6 Å². The summed E-state index contributed by atoms with van der Waals surface area (Å²) < 4.78 is 11.5. The number of hydrogen-bond acceptors (Lipinski definition) is 3. The van der Waals surface area contributed by atoms with E-state index in [-0.39, 0.29) is 0 Å². The van der Waals surface area contributed by atoms with Crippen LogP contribution in [0.4, 0.5) is 0 Å². The van der Waals surface area contributed by atoms with Crippen molar-refractivity contribution in [1.29, 1.82) is 0 Å². The number of furan rings is 1. The Bertz CT molecular complexity index is 524. The fraction of sp³-hybridized carbons (Fsp3) is 0.556. The van der Waals surface area contributed by atoms with E-state index in [1.165, 1.54) is 18.2 Å². The SMILES string of the molecule is CCCNC(CC1CCOCC1)c1cc2ccccc2o1. The number of hydrogen-bond donors (Lipinski definition) is 1. The second-order valence-corrected chi connectivity index (χ2v) is 5.98. The van der Waals surface area contributed by atoms with E-state index in [2.05, 4.69) is 30.4 Å². The number of fused-ring (bicyclic) bond motifs is 1. The van der Waals surface area contributed by atoms with Gasteiger partial charge in [0.05, 0.1) is 6.04 Å². The Hall–Kier alpha value is -1.32. The van der Waals surface area contributed by atoms with Crippen LogP contribution in [0.1, 0.15) is 44.4 Å². The van der Waals surface area contributed by atoms with Crippen LogP contribution in [0.2, 0.25) is 0 Å². The van der Waals surface area contributed by atoms with E-state index in [1.54, 1.807) is 0 Å². The molecule has 0 spiro atoms. The molecule has 1 aliphatic heterocycles. The van der Waals surface area contributed by atoms with E-state index >= 15 is 0 Å². The summed E-state index contributed by atoms with van der Waals surface area (Å²) in [6.45, 7) is 5.05. The molecule has 0 aliphatic carbocycles. The van der Waals surface area contributed by atoms with Gasteiger partial charge in [-0.1, -0.05) is 25.1 Å². The Morgan fingerprint density at radius 2 is 2.05 bits per heavy atom. The quantitative estimate of drug-likeness (QED) is 0.860. The highest BCUT2D eigenvalue weighted by atomic mass is 16.5. The fourth-order valence-electron chi connectivity index (χ4n) is 3.11. The first-order chi connectivity index (χ1) is 10.4. The minimum atomic E-state index is 0.320. The minimum absolute atomic E-state index is 0.320. The molecule has 0 saturated carbocycles. The highest BCUT2D eigenvalue weighted by molar-refractivity contribution is 5.77. The van der Waals surface area contributed by atoms with Gasteiger partial charge in [0.2, 0.25) is 0 Å². The molecule has 1 aromatic heterocycles. The van der Waals surface area contributed by atoms with Crippen molar-refractivity contribution in [2.24, 2.45) is 5.92 Å². The molecule has 1 fully saturated rings. The molecule has 1 atom stereocenters. The Morgan fingerprint density at radius 1 is 1.24 bits per heavy atom. The van der Waals surface area contributed by atoms with Crippen molar-refractivity contribution in [2.45, 2.75) is 38.6 Å². The van der Waals surface area contributed by atoms with Crippen molar-refractivity contribution in [1.82, 2.24) is 5.32 Å². The van der Waals surface area contributed by atoms with Crippen LogP contribution in [0.15, 0.2) is 34.7 Å². The average Bonchev–Trinajstić information content (AvgIpc) is 2.96.